The van der Waals surface area contributed by atoms with Crippen LogP contribution in [-0.4, -0.2) is 41.2 Å². The number of halogens is 2. The van der Waals surface area contributed by atoms with Gasteiger partial charge < -0.3 is 9.84 Å². The largest absolute Gasteiger partial charge is 0.484 e. The first-order chi connectivity index (χ1) is 11.9. The second-order valence-corrected chi connectivity index (χ2v) is 6.45. The Morgan fingerprint density at radius 2 is 1.96 bits per heavy atom. The van der Waals surface area contributed by atoms with Crippen molar-refractivity contribution in [2.45, 2.75) is 12.6 Å². The van der Waals surface area contributed by atoms with E-state index in [-0.39, 0.29) is 18.0 Å². The predicted molar refractivity (Wildman–Crippen MR) is 97.4 cm³/mol. The van der Waals surface area contributed by atoms with Crippen LogP contribution in [0, 0.1) is 10.1 Å². The fraction of sp³-hybridized carbons (Fsp3) is 0.294. The molecule has 25 heavy (non-hydrogen) atoms. The molecule has 0 bridgehead atoms. The van der Waals surface area contributed by atoms with Gasteiger partial charge in [-0.05, 0) is 30.8 Å². The monoisotopic (exact) mass is 384 g/mol. The Balaban J connectivity index is 1.86. The van der Waals surface area contributed by atoms with Crippen molar-refractivity contribution in [3.63, 3.8) is 0 Å². The highest BCUT2D eigenvalue weighted by Gasteiger charge is 2.16. The van der Waals surface area contributed by atoms with E-state index in [4.69, 9.17) is 27.9 Å². The van der Waals surface area contributed by atoms with Crippen molar-refractivity contribution in [1.29, 1.82) is 0 Å². The lowest BCUT2D eigenvalue weighted by atomic mass is 10.2. The summed E-state index contributed by atoms with van der Waals surface area (Å²) in [6.07, 6.45) is -0.799. The number of hydrogen-bond donors (Lipinski definition) is 1. The van der Waals surface area contributed by atoms with Crippen molar-refractivity contribution in [1.82, 2.24) is 4.90 Å². The molecular weight excluding hydrogens is 367 g/mol. The molecule has 0 amide bonds. The molecule has 1 unspecified atom stereocenters. The molecule has 2 rings (SSSR count). The van der Waals surface area contributed by atoms with Crippen molar-refractivity contribution < 1.29 is 14.8 Å². The zero-order valence-corrected chi connectivity index (χ0v) is 15.1. The van der Waals surface area contributed by atoms with Crippen LogP contribution in [-0.2, 0) is 6.54 Å². The number of ether oxygens (including phenoxy) is 1. The number of rotatable bonds is 8. The number of nitro benzene ring substituents is 1. The SMILES string of the molecule is CN(Cc1ccc(Cl)c(Cl)c1)CC(O)COc1ccccc1[N+](=O)[O-]. The molecule has 0 heterocycles. The molecule has 1 N–H and O–H groups in total. The second kappa shape index (κ2) is 9.01. The molecule has 0 spiro atoms. The summed E-state index contributed by atoms with van der Waals surface area (Å²) in [6.45, 7) is 0.858. The minimum Gasteiger partial charge on any atom is -0.484 e. The smallest absolute Gasteiger partial charge is 0.310 e. The molecule has 2 aromatic carbocycles. The van der Waals surface area contributed by atoms with Crippen molar-refractivity contribution >= 4 is 28.9 Å². The van der Waals surface area contributed by atoms with E-state index in [1.54, 1.807) is 24.3 Å². The van der Waals surface area contributed by atoms with Gasteiger partial charge in [-0.3, -0.25) is 15.0 Å². The molecule has 0 fully saturated rings. The molecule has 0 radical (unpaired) electrons. The van der Waals surface area contributed by atoms with Gasteiger partial charge in [0.15, 0.2) is 5.75 Å². The van der Waals surface area contributed by atoms with Crippen LogP contribution in [0.2, 0.25) is 10.0 Å². The fourth-order valence-corrected chi connectivity index (χ4v) is 2.66. The molecular formula is C17H18Cl2N2O4. The molecule has 0 aliphatic heterocycles. The third-order valence-corrected chi connectivity index (χ3v) is 4.19. The Hall–Kier alpha value is -1.86. The molecule has 0 aliphatic rings. The van der Waals surface area contributed by atoms with Crippen molar-refractivity contribution in [3.05, 3.63) is 68.2 Å². The Bertz CT molecular complexity index is 742. The molecule has 0 aromatic heterocycles. The average Bonchev–Trinajstić information content (AvgIpc) is 2.56. The molecule has 1 atom stereocenters. The lowest BCUT2D eigenvalue weighted by Gasteiger charge is -2.21. The zero-order chi connectivity index (χ0) is 18.4. The standard InChI is InChI=1S/C17H18Cl2N2O4/c1-20(9-12-6-7-14(18)15(19)8-12)10-13(22)11-25-17-5-3-2-4-16(17)21(23)24/h2-8,13,22H,9-11H2,1H3. The van der Waals surface area contributed by atoms with Gasteiger partial charge in [-0.1, -0.05) is 41.4 Å². The zero-order valence-electron chi connectivity index (χ0n) is 13.6. The Labute approximate surface area is 155 Å². The van der Waals surface area contributed by atoms with Crippen LogP contribution < -0.4 is 4.74 Å². The van der Waals surface area contributed by atoms with Crippen molar-refractivity contribution in [2.75, 3.05) is 20.2 Å². The first kappa shape index (κ1) is 19.5. The maximum absolute atomic E-state index is 10.9. The summed E-state index contributed by atoms with van der Waals surface area (Å²) in [5, 5.41) is 22.0. The fourth-order valence-electron chi connectivity index (χ4n) is 2.34. The van der Waals surface area contributed by atoms with Gasteiger partial charge in [-0.15, -0.1) is 0 Å². The van der Waals surface area contributed by atoms with Gasteiger partial charge in [-0.2, -0.15) is 0 Å². The van der Waals surface area contributed by atoms with Crippen LogP contribution >= 0.6 is 23.2 Å². The summed E-state index contributed by atoms with van der Waals surface area (Å²) < 4.78 is 5.39. The summed E-state index contributed by atoms with van der Waals surface area (Å²) in [5.74, 6) is 0.138. The van der Waals surface area contributed by atoms with Crippen molar-refractivity contribution in [2.24, 2.45) is 0 Å². The molecule has 0 saturated heterocycles. The molecule has 0 aliphatic carbocycles. The average molecular weight is 385 g/mol. The molecule has 6 nitrogen and oxygen atoms in total. The third-order valence-electron chi connectivity index (χ3n) is 3.45. The Morgan fingerprint density at radius 1 is 1.24 bits per heavy atom. The number of nitro groups is 1. The number of para-hydroxylation sites is 2. The van der Waals surface area contributed by atoms with Gasteiger partial charge in [0.05, 0.1) is 15.0 Å². The van der Waals surface area contributed by atoms with Gasteiger partial charge >= 0.3 is 5.69 Å². The number of nitrogens with zero attached hydrogens (tertiary/aromatic N) is 2. The number of hydrogen-bond acceptors (Lipinski definition) is 5. The molecule has 134 valence electrons. The molecule has 0 saturated carbocycles. The van der Waals surface area contributed by atoms with Crippen molar-refractivity contribution in [3.8, 4) is 5.75 Å². The minimum absolute atomic E-state index is 0.0451. The lowest BCUT2D eigenvalue weighted by molar-refractivity contribution is -0.385. The topological polar surface area (TPSA) is 75.8 Å². The highest BCUT2D eigenvalue weighted by atomic mass is 35.5. The van der Waals surface area contributed by atoms with Gasteiger partial charge in [0.2, 0.25) is 0 Å². The number of aliphatic hydroxyl groups excluding tert-OH is 1. The van der Waals surface area contributed by atoms with E-state index < -0.39 is 11.0 Å². The Kier molecular flexibility index (Phi) is 7.01. The summed E-state index contributed by atoms with van der Waals surface area (Å²) >= 11 is 11.9. The summed E-state index contributed by atoms with van der Waals surface area (Å²) in [4.78, 5) is 12.3. The first-order valence-electron chi connectivity index (χ1n) is 7.53. The van der Waals surface area contributed by atoms with Crippen LogP contribution in [0.5, 0.6) is 5.75 Å². The van der Waals surface area contributed by atoms with Gasteiger partial charge in [0.25, 0.3) is 0 Å². The van der Waals surface area contributed by atoms with Gasteiger partial charge in [0, 0.05) is 19.2 Å². The van der Waals surface area contributed by atoms with Gasteiger partial charge in [-0.25, -0.2) is 0 Å². The van der Waals surface area contributed by atoms with E-state index in [2.05, 4.69) is 0 Å². The van der Waals surface area contributed by atoms with Crippen LogP contribution in [0.3, 0.4) is 0 Å². The maximum Gasteiger partial charge on any atom is 0.310 e. The summed E-state index contributed by atoms with van der Waals surface area (Å²) in [6, 6.07) is 11.4. The van der Waals surface area contributed by atoms with Crippen LogP contribution in [0.25, 0.3) is 0 Å². The van der Waals surface area contributed by atoms with E-state index in [0.29, 0.717) is 23.1 Å². The van der Waals surface area contributed by atoms with Crippen LogP contribution in [0.1, 0.15) is 5.56 Å². The van der Waals surface area contributed by atoms with E-state index in [1.807, 2.05) is 18.0 Å². The quantitative estimate of drug-likeness (QED) is 0.553. The number of benzene rings is 2. The first-order valence-corrected chi connectivity index (χ1v) is 8.29. The maximum atomic E-state index is 10.9. The summed E-state index contributed by atoms with van der Waals surface area (Å²) in [5.41, 5.74) is 0.836. The Morgan fingerprint density at radius 3 is 2.64 bits per heavy atom. The third kappa shape index (κ3) is 5.86. The van der Waals surface area contributed by atoms with E-state index in [1.165, 1.54) is 12.1 Å². The van der Waals surface area contributed by atoms with Crippen LogP contribution in [0.15, 0.2) is 42.5 Å². The molecule has 8 heteroatoms. The summed E-state index contributed by atoms with van der Waals surface area (Å²) in [7, 11) is 1.84. The van der Waals surface area contributed by atoms with Gasteiger partial charge in [0.1, 0.15) is 12.7 Å². The minimum atomic E-state index is -0.799. The van der Waals surface area contributed by atoms with E-state index in [9.17, 15) is 15.2 Å². The number of aliphatic hydroxyl groups is 1. The van der Waals surface area contributed by atoms with E-state index >= 15 is 0 Å². The van der Waals surface area contributed by atoms with Crippen LogP contribution in [0.4, 0.5) is 5.69 Å². The van der Waals surface area contributed by atoms with E-state index in [0.717, 1.165) is 5.56 Å². The second-order valence-electron chi connectivity index (χ2n) is 5.63. The normalized spacial score (nSPS) is 12.2. The predicted octanol–water partition coefficient (Wildman–Crippen LogP) is 3.77. The highest BCUT2D eigenvalue weighted by Crippen LogP contribution is 2.26. The highest BCUT2D eigenvalue weighted by molar-refractivity contribution is 6.42. The molecule has 2 aromatic rings. The lowest BCUT2D eigenvalue weighted by Crippen LogP contribution is -2.32. The number of likely N-dealkylation sites (N-methyl/N-ethyl adjacent to an activating group) is 1.